The number of nitrogens with zero attached hydrogens (tertiary/aromatic N) is 5. The second kappa shape index (κ2) is 7.37. The Kier molecular flexibility index (Phi) is 5.42. The number of benzene rings is 1. The van der Waals surface area contributed by atoms with Crippen molar-refractivity contribution in [1.29, 1.82) is 10.5 Å². The summed E-state index contributed by atoms with van der Waals surface area (Å²) in [4.78, 5) is -0.578. The molecule has 1 aromatic heterocycles. The van der Waals surface area contributed by atoms with E-state index in [1.807, 2.05) is 0 Å². The first-order valence-corrected chi connectivity index (χ1v) is 7.28. The van der Waals surface area contributed by atoms with Crippen molar-refractivity contribution in [3.63, 3.8) is 0 Å². The smallest absolute Gasteiger partial charge is 0.359 e. The van der Waals surface area contributed by atoms with Gasteiger partial charge in [0.05, 0.1) is 11.3 Å². The maximum Gasteiger partial charge on any atom is 0.464 e. The molecule has 2 N–H and O–H groups in total. The van der Waals surface area contributed by atoms with Crippen LogP contribution in [0.1, 0.15) is 11.4 Å². The number of nitrogens with one attached hydrogen (secondary N) is 2. The van der Waals surface area contributed by atoms with Crippen LogP contribution in [-0.4, -0.2) is 32.1 Å². The Hall–Kier alpha value is -3.19. The molecule has 0 aliphatic heterocycles. The Labute approximate surface area is 146 Å². The molecule has 7 nitrogen and oxygen atoms in total. The second-order valence-electron chi connectivity index (χ2n) is 4.46. The van der Waals surface area contributed by atoms with E-state index in [-0.39, 0.29) is 17.1 Å². The highest BCUT2D eigenvalue weighted by Crippen LogP contribution is 2.48. The Morgan fingerprint density at radius 1 is 1.23 bits per heavy atom. The van der Waals surface area contributed by atoms with Gasteiger partial charge in [0, 0.05) is 11.1 Å². The van der Waals surface area contributed by atoms with E-state index in [1.54, 1.807) is 12.1 Å². The molecule has 0 saturated carbocycles. The number of hydrogen-bond acceptors (Lipinski definition) is 7. The summed E-state index contributed by atoms with van der Waals surface area (Å²) in [5.41, 5.74) is -0.629. The fourth-order valence-corrected chi connectivity index (χ4v) is 2.42. The van der Waals surface area contributed by atoms with Crippen LogP contribution in [0.2, 0.25) is 0 Å². The number of rotatable bonds is 5. The minimum Gasteiger partial charge on any atom is -0.359 e. The minimum absolute atomic E-state index is 0.0763. The third-order valence-corrected chi connectivity index (χ3v) is 3.83. The number of aromatic nitrogens is 4. The summed E-state index contributed by atoms with van der Waals surface area (Å²) in [7, 11) is 0. The molecule has 0 radical (unpaired) electrons. The van der Waals surface area contributed by atoms with E-state index in [0.717, 1.165) is 12.3 Å². The lowest BCUT2D eigenvalue weighted by atomic mass is 10.2. The first kappa shape index (κ1) is 19.1. The molecule has 0 atom stereocenters. The molecule has 2 rings (SSSR count). The lowest BCUT2D eigenvalue weighted by Crippen LogP contribution is -2.32. The molecule has 0 fully saturated rings. The van der Waals surface area contributed by atoms with Gasteiger partial charge in [0.2, 0.25) is 5.82 Å². The zero-order valence-corrected chi connectivity index (χ0v) is 13.2. The van der Waals surface area contributed by atoms with Crippen molar-refractivity contribution >= 4 is 23.0 Å². The van der Waals surface area contributed by atoms with Crippen molar-refractivity contribution in [3.05, 3.63) is 35.8 Å². The van der Waals surface area contributed by atoms with Crippen LogP contribution in [0.4, 0.5) is 27.6 Å². The highest BCUT2D eigenvalue weighted by molar-refractivity contribution is 8.00. The van der Waals surface area contributed by atoms with E-state index in [1.165, 1.54) is 12.1 Å². The molecule has 0 amide bonds. The molecule has 1 heterocycles. The normalized spacial score (nSPS) is 12.3. The molecule has 1 aromatic carbocycles. The zero-order valence-electron chi connectivity index (χ0n) is 12.3. The van der Waals surface area contributed by atoms with Gasteiger partial charge in [-0.25, -0.2) is 0 Å². The van der Waals surface area contributed by atoms with E-state index in [9.17, 15) is 22.0 Å². The van der Waals surface area contributed by atoms with Crippen LogP contribution in [0, 0.1) is 22.7 Å². The largest absolute Gasteiger partial charge is 0.464 e. The summed E-state index contributed by atoms with van der Waals surface area (Å²) in [6, 6.07) is 6.73. The van der Waals surface area contributed by atoms with Gasteiger partial charge in [-0.1, -0.05) is 6.07 Å². The third kappa shape index (κ3) is 4.07. The fraction of sp³-hybridized carbons (Fsp3) is 0.154. The fourth-order valence-electron chi connectivity index (χ4n) is 1.62. The second-order valence-corrected chi connectivity index (χ2v) is 5.61. The predicted molar refractivity (Wildman–Crippen MR) is 79.4 cm³/mol. The van der Waals surface area contributed by atoms with Crippen LogP contribution in [0.3, 0.4) is 0 Å². The van der Waals surface area contributed by atoms with Gasteiger partial charge in [0.25, 0.3) is 0 Å². The number of anilines is 1. The Bertz CT molecular complexity index is 893. The molecular formula is C13H6F5N7S. The zero-order chi connectivity index (χ0) is 19.4. The van der Waals surface area contributed by atoms with Crippen molar-refractivity contribution in [2.75, 3.05) is 5.32 Å². The summed E-state index contributed by atoms with van der Waals surface area (Å²) in [6.07, 6.45) is -4.71. The number of allylic oxidation sites excluding steroid dienone is 1. The molecule has 0 aliphatic carbocycles. The number of halogens is 5. The average molecular weight is 387 g/mol. The highest BCUT2D eigenvalue weighted by atomic mass is 32.2. The number of nitriles is 2. The van der Waals surface area contributed by atoms with Crippen molar-refractivity contribution in [2.45, 2.75) is 16.3 Å². The topological polar surface area (TPSA) is 114 Å². The van der Waals surface area contributed by atoms with Crippen LogP contribution in [0.5, 0.6) is 0 Å². The monoisotopic (exact) mass is 387 g/mol. The molecule has 2 aromatic rings. The van der Waals surface area contributed by atoms with Crippen LogP contribution in [-0.2, 0) is 0 Å². The lowest BCUT2D eigenvalue weighted by Gasteiger charge is -2.19. The first-order chi connectivity index (χ1) is 12.2. The van der Waals surface area contributed by atoms with Crippen molar-refractivity contribution < 1.29 is 22.0 Å². The first-order valence-electron chi connectivity index (χ1n) is 6.47. The lowest BCUT2D eigenvalue weighted by molar-refractivity contribution is -0.237. The minimum atomic E-state index is -5.78. The number of alkyl halides is 5. The van der Waals surface area contributed by atoms with Crippen LogP contribution in [0.25, 0.3) is 5.57 Å². The van der Waals surface area contributed by atoms with Gasteiger partial charge < -0.3 is 5.32 Å². The van der Waals surface area contributed by atoms with Gasteiger partial charge in [-0.15, -0.1) is 10.2 Å². The van der Waals surface area contributed by atoms with Crippen LogP contribution < -0.4 is 5.32 Å². The molecule has 0 saturated heterocycles. The van der Waals surface area contributed by atoms with E-state index in [0.29, 0.717) is 0 Å². The Morgan fingerprint density at radius 3 is 2.50 bits per heavy atom. The number of thioether (sulfide) groups is 1. The van der Waals surface area contributed by atoms with E-state index in [2.05, 4.69) is 25.9 Å². The van der Waals surface area contributed by atoms with Gasteiger partial charge in [-0.05, 0) is 29.1 Å². The summed E-state index contributed by atoms with van der Waals surface area (Å²) >= 11 is -0.790. The van der Waals surface area contributed by atoms with Gasteiger partial charge in [-0.3, -0.25) is 0 Å². The molecule has 0 spiro atoms. The van der Waals surface area contributed by atoms with Crippen LogP contribution in [0.15, 0.2) is 29.3 Å². The van der Waals surface area contributed by atoms with E-state index in [4.69, 9.17) is 10.5 Å². The number of H-pyrrole nitrogens is 1. The number of hydrogen-bond donors (Lipinski definition) is 2. The Morgan fingerprint density at radius 2 is 1.96 bits per heavy atom. The summed E-state index contributed by atoms with van der Waals surface area (Å²) in [5.74, 6) is -0.0763. The van der Waals surface area contributed by atoms with Gasteiger partial charge in [0.15, 0.2) is 0 Å². The molecule has 0 unspecified atom stereocenters. The molecule has 0 aliphatic rings. The molecule has 134 valence electrons. The summed E-state index contributed by atoms with van der Waals surface area (Å²) in [6.45, 7) is 0. The van der Waals surface area contributed by atoms with Crippen molar-refractivity contribution in [3.8, 4) is 12.1 Å². The van der Waals surface area contributed by atoms with Gasteiger partial charge in [-0.2, -0.15) is 37.7 Å². The van der Waals surface area contributed by atoms with Crippen molar-refractivity contribution in [1.82, 2.24) is 20.6 Å². The number of tetrazole rings is 1. The van der Waals surface area contributed by atoms with Gasteiger partial charge in [0.1, 0.15) is 17.7 Å². The molecular weight excluding hydrogens is 381 g/mol. The SMILES string of the molecule is N#CC(=CNc1cccc(SC(F)(F)C(F)(F)F)c1C#N)c1nn[nH]n1. The standard InChI is InChI=1S/C13H6F5N7S/c14-12(15,16)13(17,18)26-10-3-1-2-9(8(10)5-20)21-6-7(4-19)11-22-24-25-23-11/h1-3,6,21H,(H,22,23,24,25). The van der Waals surface area contributed by atoms with E-state index < -0.39 is 33.7 Å². The maximum atomic E-state index is 13.2. The maximum absolute atomic E-state index is 13.2. The molecule has 26 heavy (non-hydrogen) atoms. The number of aromatic amines is 1. The van der Waals surface area contributed by atoms with Gasteiger partial charge >= 0.3 is 11.4 Å². The van der Waals surface area contributed by atoms with Crippen LogP contribution >= 0.6 is 11.8 Å². The quantitative estimate of drug-likeness (QED) is 0.460. The Balaban J connectivity index is 2.35. The van der Waals surface area contributed by atoms with Crippen molar-refractivity contribution in [2.24, 2.45) is 0 Å². The highest BCUT2D eigenvalue weighted by Gasteiger charge is 2.58. The summed E-state index contributed by atoms with van der Waals surface area (Å²) < 4.78 is 63.6. The third-order valence-electron chi connectivity index (χ3n) is 2.78. The molecule has 0 bridgehead atoms. The summed E-state index contributed by atoms with van der Waals surface area (Å²) in [5, 5.41) is 28.1. The predicted octanol–water partition coefficient (Wildman–Crippen LogP) is 3.30. The van der Waals surface area contributed by atoms with E-state index >= 15 is 0 Å². The average Bonchev–Trinajstić information content (AvgIpc) is 3.08. The molecule has 13 heteroatoms.